The third-order valence-corrected chi connectivity index (χ3v) is 3.00. The second-order valence-electron chi connectivity index (χ2n) is 4.59. The van der Waals surface area contributed by atoms with Crippen molar-refractivity contribution < 1.29 is 9.72 Å². The Kier molecular flexibility index (Phi) is 3.84. The standard InChI is InChI=1S/C14H13N3O4/c1-8-6-9(2)12(17(20)21)7-11(8)16-14(19)10-4-3-5-13(18)15-10/h3-7H,1-2H3,(H,15,18)(H,16,19). The van der Waals surface area contributed by atoms with Crippen molar-refractivity contribution in [3.63, 3.8) is 0 Å². The maximum Gasteiger partial charge on any atom is 0.274 e. The zero-order chi connectivity index (χ0) is 15.6. The molecule has 2 N–H and O–H groups in total. The summed E-state index contributed by atoms with van der Waals surface area (Å²) < 4.78 is 0. The largest absolute Gasteiger partial charge is 0.320 e. The highest BCUT2D eigenvalue weighted by atomic mass is 16.6. The Morgan fingerprint density at radius 2 is 1.95 bits per heavy atom. The van der Waals surface area contributed by atoms with Gasteiger partial charge in [0, 0.05) is 17.7 Å². The van der Waals surface area contributed by atoms with Crippen molar-refractivity contribution in [1.29, 1.82) is 0 Å². The predicted molar refractivity (Wildman–Crippen MR) is 77.6 cm³/mol. The fraction of sp³-hybridized carbons (Fsp3) is 0.143. The number of anilines is 1. The number of nitro benzene ring substituents is 1. The van der Waals surface area contributed by atoms with E-state index >= 15 is 0 Å². The minimum atomic E-state index is -0.533. The number of rotatable bonds is 3. The highest BCUT2D eigenvalue weighted by molar-refractivity contribution is 6.03. The highest BCUT2D eigenvalue weighted by Gasteiger charge is 2.16. The molecular weight excluding hydrogens is 274 g/mol. The van der Waals surface area contributed by atoms with Gasteiger partial charge in [0.25, 0.3) is 11.6 Å². The molecule has 0 saturated carbocycles. The van der Waals surface area contributed by atoms with E-state index in [1.165, 1.54) is 24.3 Å². The summed E-state index contributed by atoms with van der Waals surface area (Å²) in [5.41, 5.74) is 1.17. The van der Waals surface area contributed by atoms with Crippen LogP contribution >= 0.6 is 0 Å². The number of nitrogens with zero attached hydrogens (tertiary/aromatic N) is 1. The number of hydrogen-bond donors (Lipinski definition) is 2. The second-order valence-corrected chi connectivity index (χ2v) is 4.59. The minimum absolute atomic E-state index is 0.0718. The monoisotopic (exact) mass is 287 g/mol. The Morgan fingerprint density at radius 1 is 1.24 bits per heavy atom. The minimum Gasteiger partial charge on any atom is -0.320 e. The third-order valence-electron chi connectivity index (χ3n) is 3.00. The molecule has 0 radical (unpaired) electrons. The summed E-state index contributed by atoms with van der Waals surface area (Å²) in [6.07, 6.45) is 0. The molecule has 0 bridgehead atoms. The van der Waals surface area contributed by atoms with Gasteiger partial charge < -0.3 is 10.3 Å². The molecule has 0 aliphatic heterocycles. The number of aryl methyl sites for hydroxylation is 2. The van der Waals surface area contributed by atoms with Gasteiger partial charge in [0.2, 0.25) is 5.56 Å². The number of amides is 1. The number of aromatic nitrogens is 1. The maximum atomic E-state index is 12.0. The average Bonchev–Trinajstić information content (AvgIpc) is 2.41. The molecular formula is C14H13N3O4. The Labute approximate surface area is 119 Å². The molecule has 0 unspecified atom stereocenters. The number of nitrogens with one attached hydrogen (secondary N) is 2. The van der Waals surface area contributed by atoms with E-state index in [4.69, 9.17) is 0 Å². The number of pyridine rings is 1. The van der Waals surface area contributed by atoms with Gasteiger partial charge in [-0.05, 0) is 31.5 Å². The van der Waals surface area contributed by atoms with E-state index in [1.807, 2.05) is 0 Å². The molecule has 2 rings (SSSR count). The first-order valence-electron chi connectivity index (χ1n) is 6.15. The van der Waals surface area contributed by atoms with Crippen LogP contribution in [0.15, 0.2) is 35.1 Å². The van der Waals surface area contributed by atoms with Crippen molar-refractivity contribution in [3.8, 4) is 0 Å². The molecule has 0 atom stereocenters. The Hall–Kier alpha value is -2.96. The molecule has 0 saturated heterocycles. The van der Waals surface area contributed by atoms with E-state index in [2.05, 4.69) is 10.3 Å². The average molecular weight is 287 g/mol. The Bertz CT molecular complexity index is 780. The van der Waals surface area contributed by atoms with Crippen LogP contribution < -0.4 is 10.9 Å². The van der Waals surface area contributed by atoms with Crippen molar-refractivity contribution in [2.75, 3.05) is 5.32 Å². The van der Waals surface area contributed by atoms with Gasteiger partial charge >= 0.3 is 0 Å². The van der Waals surface area contributed by atoms with Gasteiger partial charge in [-0.15, -0.1) is 0 Å². The van der Waals surface area contributed by atoms with E-state index in [0.717, 1.165) is 0 Å². The predicted octanol–water partition coefficient (Wildman–Crippen LogP) is 2.15. The molecule has 2 aromatic rings. The number of carbonyl (C=O) groups is 1. The van der Waals surface area contributed by atoms with Crippen LogP contribution in [-0.2, 0) is 0 Å². The molecule has 1 aromatic heterocycles. The smallest absolute Gasteiger partial charge is 0.274 e. The lowest BCUT2D eigenvalue weighted by Gasteiger charge is -2.09. The maximum absolute atomic E-state index is 12.0. The molecule has 0 aliphatic carbocycles. The van der Waals surface area contributed by atoms with Gasteiger partial charge in [0.1, 0.15) is 5.69 Å². The van der Waals surface area contributed by atoms with Crippen LogP contribution in [0.25, 0.3) is 0 Å². The molecule has 0 spiro atoms. The molecule has 1 aromatic carbocycles. The number of carbonyl (C=O) groups excluding carboxylic acids is 1. The van der Waals surface area contributed by atoms with Crippen LogP contribution in [0.4, 0.5) is 11.4 Å². The molecule has 108 valence electrons. The number of aromatic amines is 1. The van der Waals surface area contributed by atoms with Crippen LogP contribution in [0.5, 0.6) is 0 Å². The Balaban J connectivity index is 2.35. The topological polar surface area (TPSA) is 105 Å². The van der Waals surface area contributed by atoms with Gasteiger partial charge in [-0.2, -0.15) is 0 Å². The second kappa shape index (κ2) is 5.58. The summed E-state index contributed by atoms with van der Waals surface area (Å²) in [4.78, 5) is 36.0. The number of benzene rings is 1. The highest BCUT2D eigenvalue weighted by Crippen LogP contribution is 2.26. The molecule has 7 nitrogen and oxygen atoms in total. The van der Waals surface area contributed by atoms with Crippen LogP contribution in [-0.4, -0.2) is 15.8 Å². The zero-order valence-corrected chi connectivity index (χ0v) is 11.5. The summed E-state index contributed by atoms with van der Waals surface area (Å²) >= 11 is 0. The summed E-state index contributed by atoms with van der Waals surface area (Å²) in [6, 6.07) is 7.14. The summed E-state index contributed by atoms with van der Waals surface area (Å²) in [5, 5.41) is 13.5. The summed E-state index contributed by atoms with van der Waals surface area (Å²) in [6.45, 7) is 3.37. The van der Waals surface area contributed by atoms with Crippen molar-refractivity contribution in [2.45, 2.75) is 13.8 Å². The van der Waals surface area contributed by atoms with E-state index in [9.17, 15) is 19.7 Å². The first-order chi connectivity index (χ1) is 9.88. The van der Waals surface area contributed by atoms with E-state index in [-0.39, 0.29) is 11.4 Å². The quantitative estimate of drug-likeness (QED) is 0.666. The fourth-order valence-corrected chi connectivity index (χ4v) is 1.94. The van der Waals surface area contributed by atoms with Gasteiger partial charge in [-0.25, -0.2) is 0 Å². The molecule has 0 aliphatic rings. The van der Waals surface area contributed by atoms with Crippen LogP contribution in [0, 0.1) is 24.0 Å². The molecule has 1 heterocycles. The number of nitro groups is 1. The first-order valence-corrected chi connectivity index (χ1v) is 6.15. The number of H-pyrrole nitrogens is 1. The first kappa shape index (κ1) is 14.4. The lowest BCUT2D eigenvalue weighted by molar-refractivity contribution is -0.385. The van der Waals surface area contributed by atoms with Crippen molar-refractivity contribution in [1.82, 2.24) is 4.98 Å². The SMILES string of the molecule is Cc1cc(C)c([N+](=O)[O-])cc1NC(=O)c1cccc(=O)[nH]1. The van der Waals surface area contributed by atoms with Crippen LogP contribution in [0.1, 0.15) is 21.6 Å². The van der Waals surface area contributed by atoms with Gasteiger partial charge in [0.05, 0.1) is 10.6 Å². The van der Waals surface area contributed by atoms with Crippen molar-refractivity contribution in [2.24, 2.45) is 0 Å². The Morgan fingerprint density at radius 3 is 2.57 bits per heavy atom. The van der Waals surface area contributed by atoms with E-state index in [0.29, 0.717) is 16.8 Å². The van der Waals surface area contributed by atoms with Crippen molar-refractivity contribution >= 4 is 17.3 Å². The number of hydrogen-bond acceptors (Lipinski definition) is 4. The molecule has 21 heavy (non-hydrogen) atoms. The molecule has 0 fully saturated rings. The van der Waals surface area contributed by atoms with Gasteiger partial charge in [0.15, 0.2) is 0 Å². The lowest BCUT2D eigenvalue weighted by Crippen LogP contribution is -2.18. The van der Waals surface area contributed by atoms with E-state index in [1.54, 1.807) is 19.9 Å². The fourth-order valence-electron chi connectivity index (χ4n) is 1.94. The molecule has 1 amide bonds. The van der Waals surface area contributed by atoms with Crippen LogP contribution in [0.2, 0.25) is 0 Å². The molecule has 7 heteroatoms. The van der Waals surface area contributed by atoms with Gasteiger partial charge in [-0.3, -0.25) is 19.7 Å². The summed E-state index contributed by atoms with van der Waals surface area (Å²) in [7, 11) is 0. The van der Waals surface area contributed by atoms with Crippen LogP contribution in [0.3, 0.4) is 0 Å². The van der Waals surface area contributed by atoms with Gasteiger partial charge in [-0.1, -0.05) is 6.07 Å². The van der Waals surface area contributed by atoms with E-state index < -0.39 is 16.4 Å². The lowest BCUT2D eigenvalue weighted by atomic mass is 10.1. The third kappa shape index (κ3) is 3.14. The summed E-state index contributed by atoms with van der Waals surface area (Å²) in [5.74, 6) is -0.533. The van der Waals surface area contributed by atoms with Crippen molar-refractivity contribution in [3.05, 3.63) is 67.6 Å². The normalized spacial score (nSPS) is 10.2. The zero-order valence-electron chi connectivity index (χ0n) is 11.5.